The molecule has 100 valence electrons. The molecule has 0 unspecified atom stereocenters. The van der Waals surface area contributed by atoms with E-state index < -0.39 is 0 Å². The van der Waals surface area contributed by atoms with Gasteiger partial charge in [0.15, 0.2) is 0 Å². The average Bonchev–Trinajstić information content (AvgIpc) is 2.89. The molecule has 0 amide bonds. The molecule has 3 rings (SSSR count). The minimum Gasteiger partial charge on any atom is -0.241 e. The predicted octanol–water partition coefficient (Wildman–Crippen LogP) is 5.64. The highest BCUT2D eigenvalue weighted by molar-refractivity contribution is 7.10. The highest BCUT2D eigenvalue weighted by Crippen LogP contribution is 2.34. The highest BCUT2D eigenvalue weighted by Gasteiger charge is 2.17. The van der Waals surface area contributed by atoms with Crippen molar-refractivity contribution in [1.29, 1.82) is 0 Å². The van der Waals surface area contributed by atoms with E-state index in [2.05, 4.69) is 35.7 Å². The molecule has 1 fully saturated rings. The summed E-state index contributed by atoms with van der Waals surface area (Å²) >= 11 is 1.86. The first kappa shape index (κ1) is 12.9. The fourth-order valence-electron chi connectivity index (χ4n) is 2.92. The van der Waals surface area contributed by atoms with Gasteiger partial charge in [-0.1, -0.05) is 62.4 Å². The molecule has 0 radical (unpaired) electrons. The Bertz CT molecular complexity index is 495. The molecule has 0 aliphatic heterocycles. The number of hydrogen-bond acceptors (Lipinski definition) is 2. The summed E-state index contributed by atoms with van der Waals surface area (Å²) in [6, 6.07) is 10.5. The quantitative estimate of drug-likeness (QED) is 0.689. The zero-order chi connectivity index (χ0) is 12.9. The van der Waals surface area contributed by atoms with Gasteiger partial charge in [-0.2, -0.15) is 0 Å². The molecule has 0 spiro atoms. The second kappa shape index (κ2) is 6.33. The molecule has 1 nitrogen and oxygen atoms in total. The lowest BCUT2D eigenvalue weighted by Crippen LogP contribution is -2.01. The molecule has 2 aromatic rings. The maximum Gasteiger partial charge on any atom is 0.0963 e. The molecule has 2 heteroatoms. The molecule has 0 bridgehead atoms. The first-order valence-corrected chi connectivity index (χ1v) is 8.32. The monoisotopic (exact) mass is 271 g/mol. The summed E-state index contributed by atoms with van der Waals surface area (Å²) in [6.45, 7) is 0. The molecule has 0 saturated heterocycles. The Morgan fingerprint density at radius 2 is 1.58 bits per heavy atom. The second-order valence-corrected chi connectivity index (χ2v) is 6.37. The van der Waals surface area contributed by atoms with Crippen LogP contribution < -0.4 is 0 Å². The Morgan fingerprint density at radius 3 is 2.32 bits per heavy atom. The van der Waals surface area contributed by atoms with Crippen LogP contribution in [-0.2, 0) is 0 Å². The Hall–Kier alpha value is -1.15. The third-order valence-corrected chi connectivity index (χ3v) is 5.05. The molecule has 1 aliphatic carbocycles. The van der Waals surface area contributed by atoms with Gasteiger partial charge in [0.25, 0.3) is 0 Å². The van der Waals surface area contributed by atoms with Crippen molar-refractivity contribution in [1.82, 2.24) is 4.98 Å². The summed E-state index contributed by atoms with van der Waals surface area (Å²) in [5, 5.41) is 3.59. The summed E-state index contributed by atoms with van der Waals surface area (Å²) in [6.07, 6.45) is 9.68. The highest BCUT2D eigenvalue weighted by atomic mass is 32.1. The van der Waals surface area contributed by atoms with Crippen LogP contribution in [0.15, 0.2) is 35.7 Å². The zero-order valence-corrected chi connectivity index (χ0v) is 12.2. The number of rotatable bonds is 2. The van der Waals surface area contributed by atoms with Gasteiger partial charge in [0.2, 0.25) is 0 Å². The van der Waals surface area contributed by atoms with Crippen LogP contribution in [0.1, 0.15) is 55.9 Å². The second-order valence-electron chi connectivity index (χ2n) is 5.48. The minimum absolute atomic E-state index is 0.711. The standard InChI is InChI=1S/C17H21NS/c1-2-5-11-15(12-6-3-1)17-18-16(13-19-17)14-9-7-4-8-10-14/h4,7-10,13,15H,1-3,5-6,11-12H2. The van der Waals surface area contributed by atoms with Crippen molar-refractivity contribution in [2.75, 3.05) is 0 Å². The lowest BCUT2D eigenvalue weighted by Gasteiger charge is -2.17. The number of aromatic nitrogens is 1. The summed E-state index contributed by atoms with van der Waals surface area (Å²) < 4.78 is 0. The van der Waals surface area contributed by atoms with E-state index in [1.165, 1.54) is 55.5 Å². The van der Waals surface area contributed by atoms with Crippen molar-refractivity contribution in [2.24, 2.45) is 0 Å². The van der Waals surface area contributed by atoms with E-state index in [4.69, 9.17) is 4.98 Å². The largest absolute Gasteiger partial charge is 0.241 e. The summed E-state index contributed by atoms with van der Waals surface area (Å²) in [5.41, 5.74) is 2.40. The maximum atomic E-state index is 4.89. The van der Waals surface area contributed by atoms with Crippen molar-refractivity contribution in [2.45, 2.75) is 50.9 Å². The Balaban J connectivity index is 1.76. The van der Waals surface area contributed by atoms with Crippen molar-refractivity contribution in [3.8, 4) is 11.3 Å². The van der Waals surface area contributed by atoms with Crippen molar-refractivity contribution in [3.63, 3.8) is 0 Å². The summed E-state index contributed by atoms with van der Waals surface area (Å²) in [4.78, 5) is 4.89. The van der Waals surface area contributed by atoms with Crippen LogP contribution in [0, 0.1) is 0 Å². The van der Waals surface area contributed by atoms with E-state index in [1.54, 1.807) is 0 Å². The van der Waals surface area contributed by atoms with E-state index in [0.717, 1.165) is 5.69 Å². The topological polar surface area (TPSA) is 12.9 Å². The van der Waals surface area contributed by atoms with Gasteiger partial charge in [0, 0.05) is 16.9 Å². The first-order chi connectivity index (χ1) is 9.43. The van der Waals surface area contributed by atoms with Crippen LogP contribution in [0.5, 0.6) is 0 Å². The summed E-state index contributed by atoms with van der Waals surface area (Å²) in [5.74, 6) is 0.711. The lowest BCUT2D eigenvalue weighted by atomic mass is 9.92. The molecule has 0 N–H and O–H groups in total. The zero-order valence-electron chi connectivity index (χ0n) is 11.3. The minimum atomic E-state index is 0.711. The van der Waals surface area contributed by atoms with Crippen LogP contribution in [0.3, 0.4) is 0 Å². The molecule has 19 heavy (non-hydrogen) atoms. The van der Waals surface area contributed by atoms with E-state index in [1.807, 2.05) is 11.3 Å². The Labute approximate surface area is 119 Å². The van der Waals surface area contributed by atoms with Crippen LogP contribution in [-0.4, -0.2) is 4.98 Å². The van der Waals surface area contributed by atoms with Gasteiger partial charge in [-0.25, -0.2) is 4.98 Å². The normalized spacial score (nSPS) is 17.9. The Kier molecular flexibility index (Phi) is 4.29. The fourth-order valence-corrected chi connectivity index (χ4v) is 3.92. The van der Waals surface area contributed by atoms with Crippen LogP contribution >= 0.6 is 11.3 Å². The Morgan fingerprint density at radius 1 is 0.895 bits per heavy atom. The molecule has 1 saturated carbocycles. The molecule has 0 atom stereocenters. The molecular formula is C17H21NS. The third kappa shape index (κ3) is 3.24. The fraction of sp³-hybridized carbons (Fsp3) is 0.471. The smallest absolute Gasteiger partial charge is 0.0963 e. The summed E-state index contributed by atoms with van der Waals surface area (Å²) in [7, 11) is 0. The number of nitrogens with zero attached hydrogens (tertiary/aromatic N) is 1. The SMILES string of the molecule is c1ccc(-c2csc(C3CCCCCCC3)n2)cc1. The van der Waals surface area contributed by atoms with Gasteiger partial charge in [0.1, 0.15) is 0 Å². The van der Waals surface area contributed by atoms with Gasteiger partial charge in [0.05, 0.1) is 10.7 Å². The molecule has 1 aromatic carbocycles. The van der Waals surface area contributed by atoms with Crippen LogP contribution in [0.25, 0.3) is 11.3 Å². The number of benzene rings is 1. The van der Waals surface area contributed by atoms with E-state index in [-0.39, 0.29) is 0 Å². The van der Waals surface area contributed by atoms with Crippen molar-refractivity contribution < 1.29 is 0 Å². The van der Waals surface area contributed by atoms with Crippen LogP contribution in [0.2, 0.25) is 0 Å². The number of thiazole rings is 1. The van der Waals surface area contributed by atoms with Crippen molar-refractivity contribution >= 4 is 11.3 Å². The predicted molar refractivity (Wildman–Crippen MR) is 82.6 cm³/mol. The van der Waals surface area contributed by atoms with E-state index in [0.29, 0.717) is 5.92 Å². The lowest BCUT2D eigenvalue weighted by molar-refractivity contribution is 0.454. The third-order valence-electron chi connectivity index (χ3n) is 4.05. The average molecular weight is 271 g/mol. The van der Waals surface area contributed by atoms with Crippen LogP contribution in [0.4, 0.5) is 0 Å². The van der Waals surface area contributed by atoms with E-state index >= 15 is 0 Å². The molecular weight excluding hydrogens is 250 g/mol. The first-order valence-electron chi connectivity index (χ1n) is 7.44. The maximum absolute atomic E-state index is 4.89. The van der Waals surface area contributed by atoms with E-state index in [9.17, 15) is 0 Å². The van der Waals surface area contributed by atoms with Gasteiger partial charge in [-0.15, -0.1) is 11.3 Å². The molecule has 1 aromatic heterocycles. The number of hydrogen-bond donors (Lipinski definition) is 0. The van der Waals surface area contributed by atoms with Gasteiger partial charge < -0.3 is 0 Å². The van der Waals surface area contributed by atoms with Gasteiger partial charge >= 0.3 is 0 Å². The van der Waals surface area contributed by atoms with Gasteiger partial charge in [-0.3, -0.25) is 0 Å². The molecule has 1 aliphatic rings. The van der Waals surface area contributed by atoms with Gasteiger partial charge in [-0.05, 0) is 12.8 Å². The molecule has 1 heterocycles. The van der Waals surface area contributed by atoms with Crippen molar-refractivity contribution in [3.05, 3.63) is 40.7 Å².